The van der Waals surface area contributed by atoms with Gasteiger partial charge in [0.25, 0.3) is 0 Å². The van der Waals surface area contributed by atoms with Crippen LogP contribution in [0, 0.1) is 11.3 Å². The van der Waals surface area contributed by atoms with E-state index < -0.39 is 0 Å². The van der Waals surface area contributed by atoms with Crippen LogP contribution in [-0.4, -0.2) is 31.7 Å². The summed E-state index contributed by atoms with van der Waals surface area (Å²) >= 11 is 0. The number of carbonyl (C=O) groups excluding carboxylic acids is 1. The van der Waals surface area contributed by atoms with Crippen molar-refractivity contribution in [1.82, 2.24) is 5.32 Å². The smallest absolute Gasteiger partial charge is 0.227 e. The zero-order valence-corrected chi connectivity index (χ0v) is 12.1. The molecule has 0 spiro atoms. The maximum atomic E-state index is 12.5. The summed E-state index contributed by atoms with van der Waals surface area (Å²) in [6, 6.07) is 0.363. The number of rotatable bonds is 4. The average Bonchev–Trinajstić information content (AvgIpc) is 2.48. The van der Waals surface area contributed by atoms with Crippen molar-refractivity contribution < 1.29 is 9.53 Å². The first-order valence-electron chi connectivity index (χ1n) is 7.79. The zero-order valence-electron chi connectivity index (χ0n) is 12.1. The molecule has 0 aromatic carbocycles. The second-order valence-corrected chi connectivity index (χ2v) is 6.20. The molecule has 19 heavy (non-hydrogen) atoms. The summed E-state index contributed by atoms with van der Waals surface area (Å²) < 4.78 is 5.36. The summed E-state index contributed by atoms with van der Waals surface area (Å²) in [6.07, 6.45) is 7.55. The molecule has 1 saturated heterocycles. The number of carbonyl (C=O) groups is 1. The van der Waals surface area contributed by atoms with Gasteiger partial charge < -0.3 is 15.8 Å². The fraction of sp³-hybridized carbons (Fsp3) is 0.933. The SMILES string of the molecule is CCC1CCC(NC(=O)C2(CN)CCOCC2)CC1. The van der Waals surface area contributed by atoms with Gasteiger partial charge in [0, 0.05) is 25.8 Å². The third kappa shape index (κ3) is 3.48. The van der Waals surface area contributed by atoms with Gasteiger partial charge in [0.2, 0.25) is 5.91 Å². The van der Waals surface area contributed by atoms with Crippen LogP contribution in [0.4, 0.5) is 0 Å². The Morgan fingerprint density at radius 2 is 1.89 bits per heavy atom. The second-order valence-electron chi connectivity index (χ2n) is 6.20. The first-order chi connectivity index (χ1) is 9.20. The monoisotopic (exact) mass is 268 g/mol. The van der Waals surface area contributed by atoms with Gasteiger partial charge in [0.05, 0.1) is 5.41 Å². The highest BCUT2D eigenvalue weighted by Crippen LogP contribution is 2.31. The molecule has 2 fully saturated rings. The van der Waals surface area contributed by atoms with Crippen LogP contribution >= 0.6 is 0 Å². The van der Waals surface area contributed by atoms with Crippen molar-refractivity contribution in [2.75, 3.05) is 19.8 Å². The van der Waals surface area contributed by atoms with Gasteiger partial charge in [-0.2, -0.15) is 0 Å². The van der Waals surface area contributed by atoms with E-state index in [4.69, 9.17) is 10.5 Å². The van der Waals surface area contributed by atoms with Crippen molar-refractivity contribution in [1.29, 1.82) is 0 Å². The largest absolute Gasteiger partial charge is 0.381 e. The maximum absolute atomic E-state index is 12.5. The lowest BCUT2D eigenvalue weighted by Crippen LogP contribution is -2.52. The summed E-state index contributed by atoms with van der Waals surface area (Å²) in [5.74, 6) is 1.03. The van der Waals surface area contributed by atoms with E-state index in [1.807, 2.05) is 0 Å². The zero-order chi connectivity index (χ0) is 13.7. The van der Waals surface area contributed by atoms with Crippen LogP contribution in [0.5, 0.6) is 0 Å². The molecule has 0 aromatic heterocycles. The second kappa shape index (κ2) is 6.71. The molecule has 0 radical (unpaired) electrons. The van der Waals surface area contributed by atoms with E-state index in [0.29, 0.717) is 25.8 Å². The summed E-state index contributed by atoms with van der Waals surface area (Å²) in [5.41, 5.74) is 5.50. The number of hydrogen-bond donors (Lipinski definition) is 2. The molecule has 1 aliphatic carbocycles. The molecule has 1 heterocycles. The number of ether oxygens (including phenoxy) is 1. The Balaban J connectivity index is 1.86. The average molecular weight is 268 g/mol. The molecule has 1 amide bonds. The van der Waals surface area contributed by atoms with E-state index in [1.165, 1.54) is 19.3 Å². The van der Waals surface area contributed by atoms with Gasteiger partial charge in [-0.1, -0.05) is 13.3 Å². The predicted octanol–water partition coefficient (Wildman–Crippen LogP) is 1.83. The van der Waals surface area contributed by atoms with Crippen LogP contribution in [0.3, 0.4) is 0 Å². The van der Waals surface area contributed by atoms with Crippen molar-refractivity contribution in [3.05, 3.63) is 0 Å². The lowest BCUT2D eigenvalue weighted by atomic mass is 9.78. The van der Waals surface area contributed by atoms with E-state index in [1.54, 1.807) is 0 Å². The van der Waals surface area contributed by atoms with Crippen LogP contribution in [0.15, 0.2) is 0 Å². The molecule has 3 N–H and O–H groups in total. The lowest BCUT2D eigenvalue weighted by Gasteiger charge is -2.37. The Labute approximate surface area is 116 Å². The molecule has 4 nitrogen and oxygen atoms in total. The molecular weight excluding hydrogens is 240 g/mol. The van der Waals surface area contributed by atoms with Crippen molar-refractivity contribution in [3.63, 3.8) is 0 Å². The Bertz CT molecular complexity index is 293. The molecule has 4 heteroatoms. The van der Waals surface area contributed by atoms with E-state index >= 15 is 0 Å². The van der Waals surface area contributed by atoms with Crippen molar-refractivity contribution in [2.45, 2.75) is 57.9 Å². The van der Waals surface area contributed by atoms with E-state index in [-0.39, 0.29) is 11.3 Å². The number of amides is 1. The Morgan fingerprint density at radius 3 is 2.42 bits per heavy atom. The highest BCUT2D eigenvalue weighted by molar-refractivity contribution is 5.83. The van der Waals surface area contributed by atoms with Gasteiger partial charge in [-0.05, 0) is 44.4 Å². The molecule has 0 bridgehead atoms. The van der Waals surface area contributed by atoms with Crippen molar-refractivity contribution >= 4 is 5.91 Å². The van der Waals surface area contributed by atoms with Gasteiger partial charge in [-0.15, -0.1) is 0 Å². The summed E-state index contributed by atoms with van der Waals surface area (Å²) in [5, 5.41) is 3.25. The normalized spacial score (nSPS) is 30.8. The molecule has 2 aliphatic rings. The molecular formula is C15H28N2O2. The minimum absolute atomic E-state index is 0.165. The minimum Gasteiger partial charge on any atom is -0.381 e. The number of hydrogen-bond acceptors (Lipinski definition) is 3. The molecule has 1 saturated carbocycles. The highest BCUT2D eigenvalue weighted by atomic mass is 16.5. The lowest BCUT2D eigenvalue weighted by molar-refractivity contribution is -0.137. The van der Waals surface area contributed by atoms with Crippen LogP contribution < -0.4 is 11.1 Å². The van der Waals surface area contributed by atoms with Crippen LogP contribution in [0.25, 0.3) is 0 Å². The molecule has 0 aromatic rings. The van der Waals surface area contributed by atoms with Crippen LogP contribution in [0.1, 0.15) is 51.9 Å². The molecule has 1 aliphatic heterocycles. The Hall–Kier alpha value is -0.610. The summed E-state index contributed by atoms with van der Waals surface area (Å²) in [4.78, 5) is 12.5. The van der Waals surface area contributed by atoms with Crippen LogP contribution in [0.2, 0.25) is 0 Å². The van der Waals surface area contributed by atoms with E-state index in [9.17, 15) is 4.79 Å². The predicted molar refractivity (Wildman–Crippen MR) is 75.7 cm³/mol. The topological polar surface area (TPSA) is 64.4 Å². The third-order valence-electron chi connectivity index (χ3n) is 5.08. The van der Waals surface area contributed by atoms with Gasteiger partial charge in [-0.25, -0.2) is 0 Å². The Kier molecular flexibility index (Phi) is 5.22. The van der Waals surface area contributed by atoms with E-state index in [2.05, 4.69) is 12.2 Å². The van der Waals surface area contributed by atoms with Crippen molar-refractivity contribution in [2.24, 2.45) is 17.1 Å². The highest BCUT2D eigenvalue weighted by Gasteiger charge is 2.39. The Morgan fingerprint density at radius 1 is 1.26 bits per heavy atom. The minimum atomic E-state index is -0.375. The fourth-order valence-corrected chi connectivity index (χ4v) is 3.34. The molecule has 0 atom stereocenters. The molecule has 110 valence electrons. The molecule has 0 unspecified atom stereocenters. The standard InChI is InChI=1S/C15H28N2O2/c1-2-12-3-5-13(6-4-12)17-14(18)15(11-16)7-9-19-10-8-15/h12-13H,2-11,16H2,1H3,(H,17,18). The number of nitrogens with two attached hydrogens (primary N) is 1. The van der Waals surface area contributed by atoms with Gasteiger partial charge in [0.1, 0.15) is 0 Å². The van der Waals surface area contributed by atoms with Gasteiger partial charge in [0.15, 0.2) is 0 Å². The first-order valence-corrected chi connectivity index (χ1v) is 7.79. The van der Waals surface area contributed by atoms with Gasteiger partial charge in [-0.3, -0.25) is 4.79 Å². The number of nitrogens with one attached hydrogen (secondary N) is 1. The third-order valence-corrected chi connectivity index (χ3v) is 5.08. The summed E-state index contributed by atoms with van der Waals surface area (Å²) in [7, 11) is 0. The van der Waals surface area contributed by atoms with Gasteiger partial charge >= 0.3 is 0 Å². The van der Waals surface area contributed by atoms with E-state index in [0.717, 1.165) is 31.6 Å². The molecule has 2 rings (SSSR count). The van der Waals surface area contributed by atoms with Crippen LogP contribution in [-0.2, 0) is 9.53 Å². The maximum Gasteiger partial charge on any atom is 0.227 e. The first kappa shape index (κ1) is 14.8. The quantitative estimate of drug-likeness (QED) is 0.817. The fourth-order valence-electron chi connectivity index (χ4n) is 3.34. The van der Waals surface area contributed by atoms with Crippen molar-refractivity contribution in [3.8, 4) is 0 Å². The summed E-state index contributed by atoms with van der Waals surface area (Å²) in [6.45, 7) is 4.02.